The summed E-state index contributed by atoms with van der Waals surface area (Å²) in [5.74, 6) is 4.03. The van der Waals surface area contributed by atoms with Crippen LogP contribution in [-0.2, 0) is 18.9 Å². The van der Waals surface area contributed by atoms with Crippen LogP contribution in [0.1, 0.15) is 37.8 Å². The highest BCUT2D eigenvalue weighted by molar-refractivity contribution is 7.98. The van der Waals surface area contributed by atoms with Crippen molar-refractivity contribution in [3.05, 3.63) is 47.9 Å². The van der Waals surface area contributed by atoms with Crippen molar-refractivity contribution in [3.63, 3.8) is 0 Å². The summed E-state index contributed by atoms with van der Waals surface area (Å²) in [5, 5.41) is 13.3. The van der Waals surface area contributed by atoms with E-state index in [2.05, 4.69) is 38.8 Å². The maximum absolute atomic E-state index is 5.85. The Morgan fingerprint density at radius 3 is 2.69 bits per heavy atom. The number of thioether (sulfide) groups is 1. The second-order valence-corrected chi connectivity index (χ2v) is 7.30. The second-order valence-electron chi connectivity index (χ2n) is 6.36. The van der Waals surface area contributed by atoms with E-state index in [4.69, 9.17) is 9.26 Å². The summed E-state index contributed by atoms with van der Waals surface area (Å²) in [6, 6.07) is 9.73. The summed E-state index contributed by atoms with van der Waals surface area (Å²) in [5.41, 5.74) is 0. The highest BCUT2D eigenvalue weighted by Crippen LogP contribution is 2.23. The number of rotatable bonds is 9. The lowest BCUT2D eigenvalue weighted by Gasteiger charge is -2.12. The average molecular weight is 373 g/mol. The van der Waals surface area contributed by atoms with Gasteiger partial charge in [0.05, 0.1) is 5.75 Å². The highest BCUT2D eigenvalue weighted by Gasteiger charge is 2.15. The Hall–Kier alpha value is -2.35. The van der Waals surface area contributed by atoms with Gasteiger partial charge in [-0.15, -0.1) is 10.2 Å². The predicted molar refractivity (Wildman–Crippen MR) is 98.8 cm³/mol. The molecule has 0 aliphatic carbocycles. The van der Waals surface area contributed by atoms with Crippen molar-refractivity contribution in [2.75, 3.05) is 0 Å². The molecule has 0 saturated carbocycles. The van der Waals surface area contributed by atoms with Crippen molar-refractivity contribution in [2.24, 2.45) is 5.92 Å². The summed E-state index contributed by atoms with van der Waals surface area (Å²) >= 11 is 1.55. The lowest BCUT2D eigenvalue weighted by atomic mass is 10.1. The molecule has 0 bridgehead atoms. The zero-order chi connectivity index (χ0) is 18.4. The molecular weight excluding hydrogens is 350 g/mol. The molecule has 0 radical (unpaired) electrons. The van der Waals surface area contributed by atoms with Crippen LogP contribution in [0, 0.1) is 12.8 Å². The molecule has 3 rings (SSSR count). The number of ether oxygens (including phenoxy) is 1. The van der Waals surface area contributed by atoms with Crippen LogP contribution in [0.2, 0.25) is 0 Å². The monoisotopic (exact) mass is 373 g/mol. The topological polar surface area (TPSA) is 78.9 Å². The minimum Gasteiger partial charge on any atom is -0.486 e. The summed E-state index contributed by atoms with van der Waals surface area (Å²) in [6.07, 6.45) is 1.05. The molecule has 0 spiro atoms. The minimum absolute atomic E-state index is 0.384. The molecule has 0 aliphatic rings. The predicted octanol–water partition coefficient (Wildman–Crippen LogP) is 3.89. The van der Waals surface area contributed by atoms with Crippen molar-refractivity contribution in [1.82, 2.24) is 24.9 Å². The highest BCUT2D eigenvalue weighted by atomic mass is 32.2. The number of para-hydroxylation sites is 1. The molecule has 26 heavy (non-hydrogen) atoms. The first-order chi connectivity index (χ1) is 12.6. The molecule has 0 atom stereocenters. The Kier molecular flexibility index (Phi) is 6.27. The molecule has 8 heteroatoms. The van der Waals surface area contributed by atoms with Gasteiger partial charge in [-0.05, 0) is 31.4 Å². The number of hydrogen-bond acceptors (Lipinski definition) is 7. The van der Waals surface area contributed by atoms with E-state index in [0.29, 0.717) is 30.0 Å². The zero-order valence-electron chi connectivity index (χ0n) is 15.3. The third kappa shape index (κ3) is 5.08. The van der Waals surface area contributed by atoms with E-state index in [0.717, 1.165) is 29.7 Å². The summed E-state index contributed by atoms with van der Waals surface area (Å²) in [7, 11) is 0. The molecule has 0 fully saturated rings. The first kappa shape index (κ1) is 18.4. The van der Waals surface area contributed by atoms with E-state index in [-0.39, 0.29) is 0 Å². The van der Waals surface area contributed by atoms with Gasteiger partial charge >= 0.3 is 0 Å². The van der Waals surface area contributed by atoms with Gasteiger partial charge in [-0.25, -0.2) is 0 Å². The molecule has 2 aromatic heterocycles. The van der Waals surface area contributed by atoms with Crippen LogP contribution in [0.5, 0.6) is 5.75 Å². The molecule has 138 valence electrons. The molecule has 0 unspecified atom stereocenters. The third-order valence-electron chi connectivity index (χ3n) is 3.73. The van der Waals surface area contributed by atoms with E-state index in [1.165, 1.54) is 0 Å². The van der Waals surface area contributed by atoms with Gasteiger partial charge < -0.3 is 13.8 Å². The standard InChI is InChI=1S/C18H23N5O2S/c1-13(2)9-10-23-16(11-24-15-7-5-4-6-8-15)20-21-18(23)26-12-17-19-14(3)22-25-17/h4-8,13H,9-12H2,1-3H3. The quantitative estimate of drug-likeness (QED) is 0.527. The van der Waals surface area contributed by atoms with Crippen LogP contribution in [0.4, 0.5) is 0 Å². The zero-order valence-corrected chi connectivity index (χ0v) is 16.1. The van der Waals surface area contributed by atoms with Gasteiger partial charge in [-0.3, -0.25) is 0 Å². The normalized spacial score (nSPS) is 11.2. The summed E-state index contributed by atoms with van der Waals surface area (Å²) in [4.78, 5) is 4.23. The van der Waals surface area contributed by atoms with Gasteiger partial charge in [0, 0.05) is 6.54 Å². The molecule has 0 amide bonds. The Morgan fingerprint density at radius 1 is 1.19 bits per heavy atom. The van der Waals surface area contributed by atoms with Gasteiger partial charge in [0.25, 0.3) is 0 Å². The van der Waals surface area contributed by atoms with Gasteiger partial charge in [-0.2, -0.15) is 4.98 Å². The smallest absolute Gasteiger partial charge is 0.237 e. The maximum Gasteiger partial charge on any atom is 0.237 e. The number of nitrogens with zero attached hydrogens (tertiary/aromatic N) is 5. The Balaban J connectivity index is 1.69. The first-order valence-electron chi connectivity index (χ1n) is 8.63. The van der Waals surface area contributed by atoms with Gasteiger partial charge in [-0.1, -0.05) is 49.0 Å². The number of benzene rings is 1. The van der Waals surface area contributed by atoms with Crippen molar-refractivity contribution in [2.45, 2.75) is 51.3 Å². The van der Waals surface area contributed by atoms with Crippen LogP contribution in [0.25, 0.3) is 0 Å². The molecule has 0 aliphatic heterocycles. The Morgan fingerprint density at radius 2 is 2.00 bits per heavy atom. The van der Waals surface area contributed by atoms with Gasteiger partial charge in [0.15, 0.2) is 16.8 Å². The lowest BCUT2D eigenvalue weighted by molar-refractivity contribution is 0.285. The molecule has 0 saturated heterocycles. The van der Waals surface area contributed by atoms with E-state index in [9.17, 15) is 0 Å². The van der Waals surface area contributed by atoms with Crippen LogP contribution in [0.15, 0.2) is 40.0 Å². The Bertz CT molecular complexity index is 816. The van der Waals surface area contributed by atoms with E-state index in [1.807, 2.05) is 37.3 Å². The molecule has 1 aromatic carbocycles. The van der Waals surface area contributed by atoms with Crippen molar-refractivity contribution in [1.29, 1.82) is 0 Å². The van der Waals surface area contributed by atoms with Gasteiger partial charge in [0.1, 0.15) is 12.4 Å². The SMILES string of the molecule is Cc1noc(CSc2nnc(COc3ccccc3)n2CCC(C)C)n1. The van der Waals surface area contributed by atoms with Crippen LogP contribution in [0.3, 0.4) is 0 Å². The number of aryl methyl sites for hydroxylation is 1. The van der Waals surface area contributed by atoms with Crippen molar-refractivity contribution >= 4 is 11.8 Å². The molecule has 3 aromatic rings. The Labute approximate surface area is 157 Å². The van der Waals surface area contributed by atoms with Gasteiger partial charge in [0.2, 0.25) is 5.89 Å². The van der Waals surface area contributed by atoms with E-state index >= 15 is 0 Å². The minimum atomic E-state index is 0.384. The second kappa shape index (κ2) is 8.84. The molecule has 2 heterocycles. The maximum atomic E-state index is 5.85. The molecule has 7 nitrogen and oxygen atoms in total. The summed E-state index contributed by atoms with van der Waals surface area (Å²) in [6.45, 7) is 7.46. The fourth-order valence-corrected chi connectivity index (χ4v) is 3.15. The van der Waals surface area contributed by atoms with Crippen LogP contribution in [-0.4, -0.2) is 24.9 Å². The van der Waals surface area contributed by atoms with E-state index in [1.54, 1.807) is 11.8 Å². The van der Waals surface area contributed by atoms with Crippen molar-refractivity contribution < 1.29 is 9.26 Å². The van der Waals surface area contributed by atoms with E-state index < -0.39 is 0 Å². The summed E-state index contributed by atoms with van der Waals surface area (Å²) < 4.78 is 13.1. The number of hydrogen-bond donors (Lipinski definition) is 0. The fourth-order valence-electron chi connectivity index (χ4n) is 2.33. The lowest BCUT2D eigenvalue weighted by Crippen LogP contribution is -2.10. The first-order valence-corrected chi connectivity index (χ1v) is 9.62. The van der Waals surface area contributed by atoms with Crippen LogP contribution < -0.4 is 4.74 Å². The van der Waals surface area contributed by atoms with Crippen LogP contribution >= 0.6 is 11.8 Å². The molecular formula is C18H23N5O2S. The molecule has 0 N–H and O–H groups in total. The largest absolute Gasteiger partial charge is 0.486 e. The average Bonchev–Trinajstić information content (AvgIpc) is 3.23. The van der Waals surface area contributed by atoms with Crippen molar-refractivity contribution in [3.8, 4) is 5.75 Å². The number of aromatic nitrogens is 5. The third-order valence-corrected chi connectivity index (χ3v) is 4.68. The fraction of sp³-hybridized carbons (Fsp3) is 0.444.